The number of methoxy groups -OCH3 is 1. The Kier molecular flexibility index (Phi) is 7.13. The first-order valence-electron chi connectivity index (χ1n) is 12.4. The van der Waals surface area contributed by atoms with Gasteiger partial charge in [-0.15, -0.1) is 0 Å². The Balaban J connectivity index is 1.60. The Hall–Kier alpha value is -4.63. The summed E-state index contributed by atoms with van der Waals surface area (Å²) in [5.74, 6) is -2.57. The second-order valence-corrected chi connectivity index (χ2v) is 10.5. The Bertz CT molecular complexity index is 1800. The van der Waals surface area contributed by atoms with Crippen LogP contribution in [0.25, 0.3) is 16.8 Å². The van der Waals surface area contributed by atoms with Crippen molar-refractivity contribution in [2.24, 2.45) is 5.73 Å². The van der Waals surface area contributed by atoms with Crippen LogP contribution < -0.4 is 26.3 Å². The van der Waals surface area contributed by atoms with E-state index in [-0.39, 0.29) is 51.3 Å². The number of aromatic nitrogens is 3. The van der Waals surface area contributed by atoms with Crippen LogP contribution in [0.4, 0.5) is 23.4 Å². The predicted molar refractivity (Wildman–Crippen MR) is 145 cm³/mol. The van der Waals surface area contributed by atoms with Crippen molar-refractivity contribution < 1.29 is 41.7 Å². The fourth-order valence-corrected chi connectivity index (χ4v) is 4.83. The molecule has 43 heavy (non-hydrogen) atoms. The molecule has 2 amide bonds. The molecule has 2 atom stereocenters. The lowest BCUT2D eigenvalue weighted by molar-refractivity contribution is -0.265. The molecule has 0 aliphatic carbocycles. The van der Waals surface area contributed by atoms with E-state index < -0.39 is 47.1 Å². The molecule has 11 nitrogen and oxygen atoms in total. The number of halogens is 5. The standard InChI is InChI=1S/C27H23ClF4N6O5/c1-25(24(34)40)11-43-22-14(25)7-19(36-21(22)12-3-4-16(29)15(28)5-12)26(41,27(30,31)32)10-35-23(39)13-6-18(42-2)17-8-20(33)37-38(17)9-13/h3-9,41H,10-11H2,1-2H3,(H2,33,37)(H2,34,40)(H,35,39)/t25-,26?/m0/s1. The molecular formula is C27H23ClF4N6O5. The predicted octanol–water partition coefficient (Wildman–Crippen LogP) is 3.09. The van der Waals surface area contributed by atoms with Gasteiger partial charge in [-0.3, -0.25) is 9.59 Å². The van der Waals surface area contributed by atoms with Gasteiger partial charge in [-0.25, -0.2) is 13.9 Å². The van der Waals surface area contributed by atoms with Gasteiger partial charge in [0.05, 0.1) is 29.9 Å². The average molecular weight is 623 g/mol. The number of rotatable bonds is 7. The molecule has 4 aromatic rings. The summed E-state index contributed by atoms with van der Waals surface area (Å²) in [5.41, 5.74) is 4.80. The number of nitrogens with two attached hydrogens (primary N) is 2. The first kappa shape index (κ1) is 29.8. The number of pyridine rings is 2. The lowest BCUT2D eigenvalue weighted by Gasteiger charge is -2.31. The topological polar surface area (TPSA) is 167 Å². The van der Waals surface area contributed by atoms with E-state index >= 15 is 0 Å². The van der Waals surface area contributed by atoms with Crippen LogP contribution >= 0.6 is 11.6 Å². The van der Waals surface area contributed by atoms with Gasteiger partial charge in [-0.2, -0.15) is 18.3 Å². The highest BCUT2D eigenvalue weighted by atomic mass is 35.5. The van der Waals surface area contributed by atoms with Crippen LogP contribution in [0.2, 0.25) is 5.02 Å². The molecule has 1 aliphatic heterocycles. The van der Waals surface area contributed by atoms with Gasteiger partial charge in [0.25, 0.3) is 5.91 Å². The van der Waals surface area contributed by atoms with Crippen LogP contribution in [0.3, 0.4) is 0 Å². The number of carbonyl (C=O) groups excluding carboxylic acids is 2. The molecule has 1 aliphatic rings. The lowest BCUT2D eigenvalue weighted by atomic mass is 9.81. The molecule has 0 bridgehead atoms. The Morgan fingerprint density at radius 2 is 1.98 bits per heavy atom. The summed E-state index contributed by atoms with van der Waals surface area (Å²) in [6.45, 7) is -0.388. The van der Waals surface area contributed by atoms with Gasteiger partial charge < -0.3 is 31.4 Å². The van der Waals surface area contributed by atoms with Crippen molar-refractivity contribution in [2.75, 3.05) is 26.0 Å². The molecule has 0 fully saturated rings. The second kappa shape index (κ2) is 10.3. The molecule has 0 radical (unpaired) electrons. The number of hydrogen-bond donors (Lipinski definition) is 4. The van der Waals surface area contributed by atoms with E-state index in [4.69, 9.17) is 32.5 Å². The number of nitrogen functional groups attached to an aromatic ring is 1. The number of carbonyl (C=O) groups is 2. The fourth-order valence-electron chi connectivity index (χ4n) is 4.65. The highest BCUT2D eigenvalue weighted by Crippen LogP contribution is 2.48. The van der Waals surface area contributed by atoms with Gasteiger partial charge in [0.2, 0.25) is 11.5 Å². The van der Waals surface area contributed by atoms with E-state index in [0.29, 0.717) is 5.52 Å². The number of alkyl halides is 3. The summed E-state index contributed by atoms with van der Waals surface area (Å²) in [6, 6.07) is 6.84. The van der Waals surface area contributed by atoms with Crippen LogP contribution in [-0.4, -0.2) is 58.0 Å². The number of primary amides is 1. The molecule has 6 N–H and O–H groups in total. The van der Waals surface area contributed by atoms with Crippen LogP contribution in [0.5, 0.6) is 11.5 Å². The van der Waals surface area contributed by atoms with Crippen molar-refractivity contribution >= 4 is 34.7 Å². The van der Waals surface area contributed by atoms with Gasteiger partial charge in [0.1, 0.15) is 46.4 Å². The van der Waals surface area contributed by atoms with Crippen LogP contribution in [0.1, 0.15) is 28.5 Å². The third-order valence-corrected chi connectivity index (χ3v) is 7.53. The van der Waals surface area contributed by atoms with Crippen molar-refractivity contribution in [2.45, 2.75) is 24.1 Å². The normalized spacial score (nSPS) is 17.7. The van der Waals surface area contributed by atoms with Gasteiger partial charge in [0.15, 0.2) is 0 Å². The van der Waals surface area contributed by atoms with Crippen molar-refractivity contribution in [1.29, 1.82) is 0 Å². The number of ether oxygens (including phenoxy) is 2. The number of hydrogen-bond acceptors (Lipinski definition) is 8. The molecule has 0 saturated heterocycles. The third kappa shape index (κ3) is 4.93. The second-order valence-electron chi connectivity index (χ2n) is 10.1. The highest BCUT2D eigenvalue weighted by Gasteiger charge is 2.57. The molecule has 4 heterocycles. The van der Waals surface area contributed by atoms with E-state index in [2.05, 4.69) is 15.4 Å². The minimum absolute atomic E-state index is 0.0330. The monoisotopic (exact) mass is 622 g/mol. The number of anilines is 1. The highest BCUT2D eigenvalue weighted by molar-refractivity contribution is 6.31. The maximum atomic E-state index is 14.6. The summed E-state index contributed by atoms with van der Waals surface area (Å²) in [7, 11) is 1.32. The zero-order valence-electron chi connectivity index (χ0n) is 22.4. The van der Waals surface area contributed by atoms with Crippen LogP contribution in [-0.2, 0) is 15.8 Å². The number of aliphatic hydroxyl groups is 1. The summed E-state index contributed by atoms with van der Waals surface area (Å²) in [6.07, 6.45) is -4.18. The fraction of sp³-hybridized carbons (Fsp3) is 0.259. The van der Waals surface area contributed by atoms with Gasteiger partial charge in [0, 0.05) is 23.4 Å². The summed E-state index contributed by atoms with van der Waals surface area (Å²) in [5, 5.41) is 16.9. The SMILES string of the molecule is COc1cc(C(=O)NCC(O)(c2cc3c(c(-c4ccc(F)c(Cl)c4)n2)OC[C@]3(C)C(N)=O)C(F)(F)F)cn2nc(N)cc12. The molecule has 1 unspecified atom stereocenters. The zero-order chi connectivity index (χ0) is 31.5. The maximum absolute atomic E-state index is 14.6. The summed E-state index contributed by atoms with van der Waals surface area (Å²) in [4.78, 5) is 29.5. The van der Waals surface area contributed by atoms with Crippen LogP contribution in [0.15, 0.2) is 42.6 Å². The van der Waals surface area contributed by atoms with E-state index in [1.807, 2.05) is 0 Å². The first-order chi connectivity index (χ1) is 20.1. The molecule has 16 heteroatoms. The summed E-state index contributed by atoms with van der Waals surface area (Å²) >= 11 is 5.91. The minimum atomic E-state index is -5.40. The quantitative estimate of drug-likeness (QED) is 0.228. The Morgan fingerprint density at radius 1 is 1.26 bits per heavy atom. The third-order valence-electron chi connectivity index (χ3n) is 7.24. The molecule has 3 aromatic heterocycles. The van der Waals surface area contributed by atoms with Gasteiger partial charge in [-0.05, 0) is 37.3 Å². The number of nitrogens with zero attached hydrogens (tertiary/aromatic N) is 3. The van der Waals surface area contributed by atoms with Crippen molar-refractivity contribution in [1.82, 2.24) is 19.9 Å². The smallest absolute Gasteiger partial charge is 0.424 e. The number of amides is 2. The molecule has 1 aromatic carbocycles. The minimum Gasteiger partial charge on any atom is -0.494 e. The zero-order valence-corrected chi connectivity index (χ0v) is 23.2. The van der Waals surface area contributed by atoms with E-state index in [9.17, 15) is 32.3 Å². The molecule has 0 saturated carbocycles. The van der Waals surface area contributed by atoms with E-state index in [0.717, 1.165) is 18.2 Å². The largest absolute Gasteiger partial charge is 0.494 e. The van der Waals surface area contributed by atoms with Crippen LogP contribution in [0, 0.1) is 5.82 Å². The molecular weight excluding hydrogens is 600 g/mol. The summed E-state index contributed by atoms with van der Waals surface area (Å²) < 4.78 is 69.9. The Morgan fingerprint density at radius 3 is 2.60 bits per heavy atom. The lowest BCUT2D eigenvalue weighted by Crippen LogP contribution is -2.51. The van der Waals surface area contributed by atoms with Crippen molar-refractivity contribution in [3.63, 3.8) is 0 Å². The van der Waals surface area contributed by atoms with Crippen molar-refractivity contribution in [3.05, 3.63) is 70.3 Å². The van der Waals surface area contributed by atoms with Crippen molar-refractivity contribution in [3.8, 4) is 22.8 Å². The van der Waals surface area contributed by atoms with E-state index in [1.165, 1.54) is 42.9 Å². The number of fused-ring (bicyclic) bond motifs is 2. The van der Waals surface area contributed by atoms with E-state index in [1.54, 1.807) is 0 Å². The first-order valence-corrected chi connectivity index (χ1v) is 12.8. The maximum Gasteiger partial charge on any atom is 0.424 e. The molecule has 0 spiro atoms. The number of nitrogens with one attached hydrogen (secondary N) is 1. The molecule has 5 rings (SSSR count). The average Bonchev–Trinajstić information content (AvgIpc) is 3.51. The Labute approximate surface area is 245 Å². The number of benzene rings is 1. The molecule has 226 valence electrons. The van der Waals surface area contributed by atoms with Gasteiger partial charge >= 0.3 is 6.18 Å². The van der Waals surface area contributed by atoms with Gasteiger partial charge in [-0.1, -0.05) is 11.6 Å².